The summed E-state index contributed by atoms with van der Waals surface area (Å²) in [6, 6.07) is 17.5. The van der Waals surface area contributed by atoms with E-state index in [0.29, 0.717) is 16.8 Å². The van der Waals surface area contributed by atoms with Crippen molar-refractivity contribution in [3.63, 3.8) is 0 Å². The number of phenols is 2. The molecule has 0 aliphatic rings. The van der Waals surface area contributed by atoms with Gasteiger partial charge in [0.05, 0.1) is 23.8 Å². The van der Waals surface area contributed by atoms with Crippen LogP contribution >= 0.6 is 0 Å². The summed E-state index contributed by atoms with van der Waals surface area (Å²) in [5.41, 5.74) is 10.0. The van der Waals surface area contributed by atoms with Crippen LogP contribution in [0.1, 0.15) is 46.8 Å². The number of benzene rings is 3. The topological polar surface area (TPSA) is 118 Å². The number of nitrogens with zero attached hydrogens (tertiary/aromatic N) is 1. The van der Waals surface area contributed by atoms with Gasteiger partial charge in [-0.3, -0.25) is 0 Å². The number of aromatic hydroxyl groups is 2. The number of fused-ring (bicyclic) bond motifs is 1. The monoisotopic (exact) mass is 488 g/mol. The Morgan fingerprint density at radius 1 is 1.06 bits per heavy atom. The molecule has 36 heavy (non-hydrogen) atoms. The van der Waals surface area contributed by atoms with E-state index in [2.05, 4.69) is 6.92 Å². The Balaban J connectivity index is 1.54. The highest BCUT2D eigenvalue weighted by Gasteiger charge is 2.18. The van der Waals surface area contributed by atoms with E-state index in [9.17, 15) is 20.1 Å². The number of rotatable bonds is 10. The molecule has 188 valence electrons. The Morgan fingerprint density at radius 3 is 2.47 bits per heavy atom. The number of hydrogen-bond acceptors (Lipinski definition) is 6. The van der Waals surface area contributed by atoms with Crippen LogP contribution < -0.4 is 5.73 Å². The number of nitrogen functional groups attached to an aromatic ring is 1. The van der Waals surface area contributed by atoms with Crippen LogP contribution in [0.5, 0.6) is 11.5 Å². The van der Waals surface area contributed by atoms with E-state index in [-0.39, 0.29) is 31.1 Å². The van der Waals surface area contributed by atoms with Gasteiger partial charge in [-0.05, 0) is 66.4 Å². The molecule has 0 fully saturated rings. The summed E-state index contributed by atoms with van der Waals surface area (Å²) >= 11 is 0. The SMILES string of the molecule is CCCCc1cc(O)c(Cn2cc(CC(O)COC(=O)c3ccccc3)c3cc(N)ccc32)c(O)c1. The first-order valence-electron chi connectivity index (χ1n) is 12.2. The number of esters is 1. The van der Waals surface area contributed by atoms with E-state index in [0.717, 1.165) is 41.3 Å². The van der Waals surface area contributed by atoms with Gasteiger partial charge in [-0.25, -0.2) is 4.79 Å². The molecule has 0 aliphatic heterocycles. The number of unbranched alkanes of at least 4 members (excludes halogenated alkanes) is 1. The molecule has 7 nitrogen and oxygen atoms in total. The number of aliphatic hydroxyl groups excluding tert-OH is 1. The third-order valence-corrected chi connectivity index (χ3v) is 6.27. The molecule has 0 bridgehead atoms. The summed E-state index contributed by atoms with van der Waals surface area (Å²) in [5, 5.41) is 32.7. The van der Waals surface area contributed by atoms with Gasteiger partial charge in [0, 0.05) is 29.2 Å². The fourth-order valence-electron chi connectivity index (χ4n) is 4.38. The van der Waals surface area contributed by atoms with Gasteiger partial charge in [0.1, 0.15) is 18.1 Å². The van der Waals surface area contributed by atoms with E-state index >= 15 is 0 Å². The molecule has 4 aromatic rings. The van der Waals surface area contributed by atoms with Crippen LogP contribution in [0.3, 0.4) is 0 Å². The lowest BCUT2D eigenvalue weighted by Crippen LogP contribution is -2.21. The van der Waals surface area contributed by atoms with Crippen molar-refractivity contribution in [3.8, 4) is 11.5 Å². The number of phenolic OH excluding ortho intramolecular Hbond substituents is 2. The number of anilines is 1. The quantitative estimate of drug-likeness (QED) is 0.188. The molecule has 3 aromatic carbocycles. The van der Waals surface area contributed by atoms with Crippen LogP contribution in [-0.2, 0) is 24.1 Å². The molecule has 1 atom stereocenters. The fraction of sp³-hybridized carbons (Fsp3) is 0.276. The molecule has 1 unspecified atom stereocenters. The third kappa shape index (κ3) is 5.80. The number of aryl methyl sites for hydroxylation is 1. The molecule has 1 heterocycles. The standard InChI is InChI=1S/C29H32N2O5/c1-2-3-7-19-12-27(33)25(28(34)13-19)17-31-16-21(24-15-22(30)10-11-26(24)31)14-23(32)18-36-29(35)20-8-5-4-6-9-20/h4-6,8-13,15-16,23,32-34H,2-3,7,14,17-18,30H2,1H3. The number of aliphatic hydroxyl groups is 1. The summed E-state index contributed by atoms with van der Waals surface area (Å²) in [7, 11) is 0. The Bertz CT molecular complexity index is 1320. The van der Waals surface area contributed by atoms with Gasteiger partial charge in [0.2, 0.25) is 0 Å². The molecule has 1 aromatic heterocycles. The predicted molar refractivity (Wildman–Crippen MR) is 140 cm³/mol. The minimum Gasteiger partial charge on any atom is -0.507 e. The van der Waals surface area contributed by atoms with Crippen molar-refractivity contribution < 1.29 is 24.9 Å². The highest BCUT2D eigenvalue weighted by atomic mass is 16.5. The smallest absolute Gasteiger partial charge is 0.338 e. The zero-order chi connectivity index (χ0) is 25.7. The van der Waals surface area contributed by atoms with Gasteiger partial charge in [0.25, 0.3) is 0 Å². The van der Waals surface area contributed by atoms with Gasteiger partial charge in [-0.1, -0.05) is 31.5 Å². The van der Waals surface area contributed by atoms with Crippen LogP contribution in [-0.4, -0.2) is 38.6 Å². The molecule has 0 saturated carbocycles. The largest absolute Gasteiger partial charge is 0.507 e. The lowest BCUT2D eigenvalue weighted by atomic mass is 10.0. The Hall–Kier alpha value is -3.97. The summed E-state index contributed by atoms with van der Waals surface area (Å²) < 4.78 is 7.19. The lowest BCUT2D eigenvalue weighted by molar-refractivity contribution is 0.0259. The third-order valence-electron chi connectivity index (χ3n) is 6.27. The Labute approximate surface area is 210 Å². The first-order valence-corrected chi connectivity index (χ1v) is 12.2. The van der Waals surface area contributed by atoms with Crippen LogP contribution in [0.25, 0.3) is 10.9 Å². The predicted octanol–water partition coefficient (Wildman–Crippen LogP) is 4.79. The second kappa shape index (κ2) is 11.2. The zero-order valence-corrected chi connectivity index (χ0v) is 20.4. The molecule has 0 radical (unpaired) electrons. The van der Waals surface area contributed by atoms with Crippen molar-refractivity contribution in [2.75, 3.05) is 12.3 Å². The van der Waals surface area contributed by atoms with Crippen LogP contribution in [0.2, 0.25) is 0 Å². The van der Waals surface area contributed by atoms with Crippen molar-refractivity contribution in [2.45, 2.75) is 45.3 Å². The van der Waals surface area contributed by atoms with Crippen LogP contribution in [0, 0.1) is 0 Å². The second-order valence-corrected chi connectivity index (χ2v) is 9.10. The molecule has 0 amide bonds. The summed E-state index contributed by atoms with van der Waals surface area (Å²) in [5.74, 6) is -0.393. The minimum absolute atomic E-state index is 0.0489. The number of aromatic nitrogens is 1. The van der Waals surface area contributed by atoms with Gasteiger partial charge >= 0.3 is 5.97 Å². The Morgan fingerprint density at radius 2 is 1.78 bits per heavy atom. The Kier molecular flexibility index (Phi) is 7.80. The average Bonchev–Trinajstić information content (AvgIpc) is 3.19. The maximum atomic E-state index is 12.2. The van der Waals surface area contributed by atoms with Crippen molar-refractivity contribution >= 4 is 22.6 Å². The van der Waals surface area contributed by atoms with Crippen molar-refractivity contribution in [1.29, 1.82) is 0 Å². The van der Waals surface area contributed by atoms with Crippen LogP contribution in [0.15, 0.2) is 66.9 Å². The minimum atomic E-state index is -0.919. The van der Waals surface area contributed by atoms with E-state index in [4.69, 9.17) is 10.5 Å². The summed E-state index contributed by atoms with van der Waals surface area (Å²) in [4.78, 5) is 12.2. The summed E-state index contributed by atoms with van der Waals surface area (Å²) in [6.07, 6.45) is 3.99. The number of ether oxygens (including phenoxy) is 1. The van der Waals surface area contributed by atoms with Crippen molar-refractivity contribution in [3.05, 3.63) is 89.1 Å². The van der Waals surface area contributed by atoms with E-state index in [1.165, 1.54) is 0 Å². The van der Waals surface area contributed by atoms with E-state index < -0.39 is 12.1 Å². The van der Waals surface area contributed by atoms with Crippen molar-refractivity contribution in [2.24, 2.45) is 0 Å². The highest BCUT2D eigenvalue weighted by Crippen LogP contribution is 2.33. The van der Waals surface area contributed by atoms with E-state index in [1.54, 1.807) is 42.5 Å². The molecule has 4 rings (SSSR count). The van der Waals surface area contributed by atoms with Gasteiger partial charge < -0.3 is 30.4 Å². The van der Waals surface area contributed by atoms with Gasteiger partial charge in [0.15, 0.2) is 0 Å². The normalized spacial score (nSPS) is 12.1. The molecule has 0 saturated heterocycles. The van der Waals surface area contributed by atoms with Crippen LogP contribution in [0.4, 0.5) is 5.69 Å². The fourth-order valence-corrected chi connectivity index (χ4v) is 4.38. The molecule has 0 aliphatic carbocycles. The molecular weight excluding hydrogens is 456 g/mol. The van der Waals surface area contributed by atoms with Crippen molar-refractivity contribution in [1.82, 2.24) is 4.57 Å². The first kappa shape index (κ1) is 25.1. The lowest BCUT2D eigenvalue weighted by Gasteiger charge is -2.12. The maximum Gasteiger partial charge on any atom is 0.338 e. The summed E-state index contributed by atoms with van der Waals surface area (Å²) in [6.45, 7) is 2.19. The highest BCUT2D eigenvalue weighted by molar-refractivity contribution is 5.89. The zero-order valence-electron chi connectivity index (χ0n) is 20.4. The average molecular weight is 489 g/mol. The molecule has 7 heteroatoms. The molecule has 5 N–H and O–H groups in total. The number of carbonyl (C=O) groups is 1. The van der Waals surface area contributed by atoms with Gasteiger partial charge in [-0.15, -0.1) is 0 Å². The molecule has 0 spiro atoms. The number of nitrogens with two attached hydrogens (primary N) is 1. The maximum absolute atomic E-state index is 12.2. The van der Waals surface area contributed by atoms with Gasteiger partial charge in [-0.2, -0.15) is 0 Å². The van der Waals surface area contributed by atoms with E-state index in [1.807, 2.05) is 29.0 Å². The number of hydrogen-bond donors (Lipinski definition) is 4. The number of carbonyl (C=O) groups excluding carboxylic acids is 1. The first-order chi connectivity index (χ1) is 17.4. The molecular formula is C29H32N2O5. The second-order valence-electron chi connectivity index (χ2n) is 9.10.